The summed E-state index contributed by atoms with van der Waals surface area (Å²) >= 11 is 0. The number of hydrogen-bond acceptors (Lipinski definition) is 0. The van der Waals surface area contributed by atoms with Gasteiger partial charge in [-0.2, -0.15) is 0 Å². The van der Waals surface area contributed by atoms with E-state index in [1.165, 1.54) is 10.4 Å². The highest BCUT2D eigenvalue weighted by Gasteiger charge is 2.28. The first-order chi connectivity index (χ1) is 18.0. The molecule has 0 N–H and O–H groups in total. The largest absolute Gasteiger partial charge is 0.241 e. The second-order valence-corrected chi connectivity index (χ2v) is 40.6. The maximum atomic E-state index is 3.62. The average Bonchev–Trinajstić information content (AvgIpc) is 2.84. The predicted molar refractivity (Wildman–Crippen MR) is 200 cm³/mol. The number of benzene rings is 2. The molecule has 0 heterocycles. The van der Waals surface area contributed by atoms with Crippen molar-refractivity contribution in [3.63, 3.8) is 0 Å². The first-order valence-electron chi connectivity index (χ1n) is 14.3. The summed E-state index contributed by atoms with van der Waals surface area (Å²) in [6.07, 6.45) is 0. The highest BCUT2D eigenvalue weighted by atomic mass is 28.3. The van der Waals surface area contributed by atoms with Crippen LogP contribution < -0.4 is 10.4 Å². The summed E-state index contributed by atoms with van der Waals surface area (Å²) in [4.78, 5) is 0. The van der Waals surface area contributed by atoms with E-state index < -0.39 is 48.4 Å². The van der Waals surface area contributed by atoms with E-state index >= 15 is 0 Å². The summed E-state index contributed by atoms with van der Waals surface area (Å²) in [5.74, 6) is 0. The maximum absolute atomic E-state index is 3.62. The Bertz CT molecular complexity index is 1180. The Kier molecular flexibility index (Phi) is 12.8. The highest BCUT2D eigenvalue weighted by molar-refractivity contribution is 7.06. The van der Waals surface area contributed by atoms with Gasteiger partial charge >= 0.3 is 0 Å². The lowest BCUT2D eigenvalue weighted by molar-refractivity contribution is 1.74. The first kappa shape index (κ1) is 36.0. The third kappa shape index (κ3) is 15.1. The summed E-state index contributed by atoms with van der Waals surface area (Å²) in [5.41, 5.74) is 28.7. The monoisotopic (exact) mass is 628 g/mol. The van der Waals surface area contributed by atoms with Gasteiger partial charge in [-0.15, -0.1) is 44.3 Å². The standard InChI is InChI=1S/2C17H26Si3/c2*1-18(2,3)13-15-20(7,16-14-19(4,5)6)17-11-9-8-10-12-17/h2*8-12H,1-7H3. The molecular formula is C34H52Si6. The fourth-order valence-electron chi connectivity index (χ4n) is 3.14. The molecule has 0 radical (unpaired) electrons. The molecule has 0 aliphatic rings. The summed E-state index contributed by atoms with van der Waals surface area (Å²) in [5, 5.41) is 2.69. The van der Waals surface area contributed by atoms with Gasteiger partial charge in [0.1, 0.15) is 32.3 Å². The minimum absolute atomic E-state index is 1.34. The number of rotatable bonds is 2. The maximum Gasteiger partial charge on any atom is 0.241 e. The van der Waals surface area contributed by atoms with E-state index in [2.05, 4.69) is 197 Å². The van der Waals surface area contributed by atoms with Crippen LogP contribution in [0.25, 0.3) is 0 Å². The Balaban J connectivity index is 0.000000400. The highest BCUT2D eigenvalue weighted by Crippen LogP contribution is 2.08. The fourth-order valence-corrected chi connectivity index (χ4v) is 15.6. The Morgan fingerprint density at radius 1 is 0.300 bits per heavy atom. The molecule has 0 unspecified atom stereocenters. The zero-order valence-corrected chi connectivity index (χ0v) is 33.8. The summed E-state index contributed by atoms with van der Waals surface area (Å²) in [6, 6.07) is 21.3. The van der Waals surface area contributed by atoms with Gasteiger partial charge in [0.25, 0.3) is 0 Å². The van der Waals surface area contributed by atoms with E-state index in [-0.39, 0.29) is 0 Å². The molecule has 2 aromatic carbocycles. The van der Waals surface area contributed by atoms with Gasteiger partial charge < -0.3 is 0 Å². The minimum Gasteiger partial charge on any atom is -0.137 e. The summed E-state index contributed by atoms with van der Waals surface area (Å²) in [6.45, 7) is 32.2. The lowest BCUT2D eigenvalue weighted by atomic mass is 10.4. The van der Waals surface area contributed by atoms with Crippen LogP contribution in [-0.2, 0) is 0 Å². The second kappa shape index (κ2) is 14.2. The van der Waals surface area contributed by atoms with Crippen LogP contribution in [0.5, 0.6) is 0 Å². The molecule has 0 spiro atoms. The molecule has 0 saturated heterocycles. The molecule has 2 rings (SSSR count). The zero-order chi connectivity index (χ0) is 30.9. The SMILES string of the molecule is C[Si](C)(C)C#C[Si](C)(C#C[Si](C)(C)C)c1ccccc1.C[Si](C)(C)C#C[Si](C)(C#C[Si](C)(C)C)c1ccccc1. The van der Waals surface area contributed by atoms with Crippen LogP contribution in [0.15, 0.2) is 60.7 Å². The Morgan fingerprint density at radius 3 is 0.675 bits per heavy atom. The first-order valence-corrected chi connectivity index (χ1v) is 33.3. The van der Waals surface area contributed by atoms with E-state index in [1.54, 1.807) is 0 Å². The van der Waals surface area contributed by atoms with Gasteiger partial charge in [-0.25, -0.2) is 0 Å². The molecule has 0 atom stereocenters. The van der Waals surface area contributed by atoms with Crippen LogP contribution >= 0.6 is 0 Å². The minimum atomic E-state index is -2.00. The quantitative estimate of drug-likeness (QED) is 0.237. The molecule has 2 aromatic rings. The van der Waals surface area contributed by atoms with Crippen molar-refractivity contribution in [3.05, 3.63) is 60.7 Å². The summed E-state index contributed by atoms with van der Waals surface area (Å²) < 4.78 is 0. The van der Waals surface area contributed by atoms with Gasteiger partial charge in [-0.3, -0.25) is 0 Å². The normalized spacial score (nSPS) is 11.9. The topological polar surface area (TPSA) is 0 Å². The van der Waals surface area contributed by atoms with Crippen LogP contribution in [0, 0.1) is 44.3 Å². The molecular weight excluding hydrogens is 577 g/mol. The number of hydrogen-bond donors (Lipinski definition) is 0. The average molecular weight is 629 g/mol. The van der Waals surface area contributed by atoms with Gasteiger partial charge in [0.15, 0.2) is 0 Å². The van der Waals surface area contributed by atoms with Gasteiger partial charge in [0, 0.05) is 0 Å². The van der Waals surface area contributed by atoms with Gasteiger partial charge in [-0.1, -0.05) is 139 Å². The van der Waals surface area contributed by atoms with Gasteiger partial charge in [-0.05, 0) is 23.5 Å². The van der Waals surface area contributed by atoms with Crippen molar-refractivity contribution in [1.29, 1.82) is 0 Å². The Labute approximate surface area is 254 Å². The molecule has 212 valence electrons. The molecule has 0 bridgehead atoms. The van der Waals surface area contributed by atoms with E-state index in [9.17, 15) is 0 Å². The van der Waals surface area contributed by atoms with Crippen LogP contribution in [0.2, 0.25) is 91.7 Å². The molecule has 6 heteroatoms. The molecule has 0 amide bonds. The van der Waals surface area contributed by atoms with Crippen molar-refractivity contribution in [2.45, 2.75) is 91.7 Å². The lowest BCUT2D eigenvalue weighted by Crippen LogP contribution is -2.43. The van der Waals surface area contributed by atoms with Crippen molar-refractivity contribution in [2.75, 3.05) is 0 Å². The second-order valence-electron chi connectivity index (χ2n) is 15.0. The zero-order valence-electron chi connectivity index (χ0n) is 27.8. The Morgan fingerprint density at radius 2 is 0.500 bits per heavy atom. The van der Waals surface area contributed by atoms with Crippen molar-refractivity contribution in [3.8, 4) is 44.3 Å². The molecule has 0 aromatic heterocycles. The molecule has 40 heavy (non-hydrogen) atoms. The molecule has 0 aliphatic carbocycles. The third-order valence-corrected chi connectivity index (χ3v) is 15.4. The molecule has 0 fully saturated rings. The van der Waals surface area contributed by atoms with Gasteiger partial charge in [0.05, 0.1) is 0 Å². The molecule has 0 nitrogen and oxygen atoms in total. The van der Waals surface area contributed by atoms with Crippen LogP contribution in [0.3, 0.4) is 0 Å². The van der Waals surface area contributed by atoms with Crippen LogP contribution in [0.1, 0.15) is 0 Å². The van der Waals surface area contributed by atoms with E-state index in [0.717, 1.165) is 0 Å². The summed E-state index contributed by atoms with van der Waals surface area (Å²) in [7, 11) is -9.43. The van der Waals surface area contributed by atoms with Crippen LogP contribution in [0.4, 0.5) is 0 Å². The lowest BCUT2D eigenvalue weighted by Gasteiger charge is -2.17. The van der Waals surface area contributed by atoms with Crippen molar-refractivity contribution < 1.29 is 0 Å². The van der Waals surface area contributed by atoms with E-state index in [4.69, 9.17) is 0 Å². The molecule has 0 saturated carbocycles. The Hall–Kier alpha value is -2.02. The third-order valence-electron chi connectivity index (χ3n) is 5.45. The van der Waals surface area contributed by atoms with Crippen LogP contribution in [-0.4, -0.2) is 48.4 Å². The van der Waals surface area contributed by atoms with Gasteiger partial charge in [0.2, 0.25) is 16.1 Å². The van der Waals surface area contributed by atoms with E-state index in [0.29, 0.717) is 0 Å². The van der Waals surface area contributed by atoms with Crippen molar-refractivity contribution in [2.24, 2.45) is 0 Å². The predicted octanol–water partition coefficient (Wildman–Crippen LogP) is 7.62. The smallest absolute Gasteiger partial charge is 0.137 e. The van der Waals surface area contributed by atoms with E-state index in [1.807, 2.05) is 0 Å². The molecule has 0 aliphatic heterocycles. The van der Waals surface area contributed by atoms with Crippen molar-refractivity contribution >= 4 is 58.8 Å². The van der Waals surface area contributed by atoms with Crippen molar-refractivity contribution in [1.82, 2.24) is 0 Å². The fraction of sp³-hybridized carbons (Fsp3) is 0.412.